The van der Waals surface area contributed by atoms with Gasteiger partial charge in [-0.25, -0.2) is 0 Å². The van der Waals surface area contributed by atoms with Crippen molar-refractivity contribution >= 4 is 0 Å². The Kier molecular flexibility index (Phi) is 6.85. The molecular weight excluding hydrogens is 176 g/mol. The molecule has 0 aliphatic heterocycles. The van der Waals surface area contributed by atoms with E-state index in [0.29, 0.717) is 5.75 Å². The maximum atomic E-state index is 8.76. The minimum atomic E-state index is -0.102. The molecule has 1 aromatic rings. The van der Waals surface area contributed by atoms with Crippen molar-refractivity contribution in [1.29, 1.82) is 0 Å². The summed E-state index contributed by atoms with van der Waals surface area (Å²) in [6.07, 6.45) is 1.91. The number of aliphatic hydroxyl groups is 1. The third-order valence-electron chi connectivity index (χ3n) is 1.74. The topological polar surface area (TPSA) is 40.5 Å². The second-order valence-corrected chi connectivity index (χ2v) is 3.47. The van der Waals surface area contributed by atoms with Crippen LogP contribution < -0.4 is 0 Å². The molecule has 0 radical (unpaired) electrons. The summed E-state index contributed by atoms with van der Waals surface area (Å²) in [7, 11) is 0. The molecule has 2 heteroatoms. The summed E-state index contributed by atoms with van der Waals surface area (Å²) < 4.78 is 0. The van der Waals surface area contributed by atoms with E-state index in [9.17, 15) is 0 Å². The summed E-state index contributed by atoms with van der Waals surface area (Å²) in [6, 6.07) is 7.09. The van der Waals surface area contributed by atoms with Crippen molar-refractivity contribution in [2.75, 3.05) is 0 Å². The second kappa shape index (κ2) is 7.39. The lowest BCUT2D eigenvalue weighted by atomic mass is 10.2. The summed E-state index contributed by atoms with van der Waals surface area (Å²) in [6.45, 7) is 5.86. The lowest BCUT2D eigenvalue weighted by Gasteiger charge is -1.95. The van der Waals surface area contributed by atoms with Gasteiger partial charge in [-0.15, -0.1) is 0 Å². The largest absolute Gasteiger partial charge is 0.508 e. The predicted molar refractivity (Wildman–Crippen MR) is 59.4 cm³/mol. The van der Waals surface area contributed by atoms with Crippen LogP contribution in [0.15, 0.2) is 24.3 Å². The van der Waals surface area contributed by atoms with Gasteiger partial charge in [-0.1, -0.05) is 31.0 Å². The Labute approximate surface area is 86.2 Å². The highest BCUT2D eigenvalue weighted by Crippen LogP contribution is 2.07. The first-order valence-electron chi connectivity index (χ1n) is 5.00. The van der Waals surface area contributed by atoms with Gasteiger partial charge in [0.1, 0.15) is 5.75 Å². The summed E-state index contributed by atoms with van der Waals surface area (Å²) in [5.41, 5.74) is 1.17. The van der Waals surface area contributed by atoms with Gasteiger partial charge in [0.2, 0.25) is 0 Å². The number of aliphatic hydroxyl groups excluding tert-OH is 1. The Morgan fingerprint density at radius 1 is 1.21 bits per heavy atom. The first kappa shape index (κ1) is 13.0. The molecule has 0 saturated heterocycles. The molecule has 80 valence electrons. The zero-order chi connectivity index (χ0) is 11.0. The molecule has 1 aromatic carbocycles. The molecule has 1 atom stereocenters. The molecule has 1 unspecified atom stereocenters. The number of hydrogen-bond acceptors (Lipinski definition) is 2. The fourth-order valence-corrected chi connectivity index (χ4v) is 0.963. The van der Waals surface area contributed by atoms with Gasteiger partial charge < -0.3 is 10.2 Å². The second-order valence-electron chi connectivity index (χ2n) is 3.47. The van der Waals surface area contributed by atoms with Gasteiger partial charge in [-0.2, -0.15) is 0 Å². The molecule has 0 saturated carbocycles. The third kappa shape index (κ3) is 7.62. The Bertz CT molecular complexity index is 206. The minimum absolute atomic E-state index is 0.102. The van der Waals surface area contributed by atoms with Gasteiger partial charge in [-0.3, -0.25) is 0 Å². The Morgan fingerprint density at radius 2 is 1.71 bits per heavy atom. The van der Waals surface area contributed by atoms with Crippen molar-refractivity contribution in [2.24, 2.45) is 0 Å². The zero-order valence-corrected chi connectivity index (χ0v) is 9.20. The van der Waals surface area contributed by atoms with E-state index in [0.717, 1.165) is 12.8 Å². The quantitative estimate of drug-likeness (QED) is 0.763. The van der Waals surface area contributed by atoms with Gasteiger partial charge >= 0.3 is 0 Å². The maximum Gasteiger partial charge on any atom is 0.115 e. The molecule has 0 bridgehead atoms. The highest BCUT2D eigenvalue weighted by Gasteiger charge is 1.87. The molecule has 1 rings (SSSR count). The van der Waals surface area contributed by atoms with E-state index in [1.165, 1.54) is 5.56 Å². The van der Waals surface area contributed by atoms with Crippen LogP contribution in [0.4, 0.5) is 0 Å². The van der Waals surface area contributed by atoms with Crippen LogP contribution in [0.3, 0.4) is 0 Å². The van der Waals surface area contributed by atoms with E-state index in [-0.39, 0.29) is 6.10 Å². The monoisotopic (exact) mass is 196 g/mol. The molecule has 2 nitrogen and oxygen atoms in total. The third-order valence-corrected chi connectivity index (χ3v) is 1.74. The molecule has 14 heavy (non-hydrogen) atoms. The molecule has 0 heterocycles. The Morgan fingerprint density at radius 3 is 1.93 bits per heavy atom. The van der Waals surface area contributed by atoms with Gasteiger partial charge in [0.25, 0.3) is 0 Å². The molecular formula is C12H20O2. The van der Waals surface area contributed by atoms with Crippen LogP contribution in [0.25, 0.3) is 0 Å². The fourth-order valence-electron chi connectivity index (χ4n) is 0.963. The van der Waals surface area contributed by atoms with Crippen LogP contribution in [0.1, 0.15) is 32.3 Å². The SMILES string of the molecule is CCCC(C)O.Cc1ccc(O)cc1. The summed E-state index contributed by atoms with van der Waals surface area (Å²) >= 11 is 0. The number of phenols is 1. The Hall–Kier alpha value is -1.02. The van der Waals surface area contributed by atoms with Crippen LogP contribution in [0, 0.1) is 6.92 Å². The summed E-state index contributed by atoms with van der Waals surface area (Å²) in [5.74, 6) is 0.329. The van der Waals surface area contributed by atoms with Gasteiger partial charge in [0.15, 0.2) is 0 Å². The normalized spacial score (nSPS) is 11.4. The van der Waals surface area contributed by atoms with Crippen molar-refractivity contribution in [1.82, 2.24) is 0 Å². The first-order valence-corrected chi connectivity index (χ1v) is 5.00. The molecule has 0 fully saturated rings. The number of aromatic hydroxyl groups is 1. The predicted octanol–water partition coefficient (Wildman–Crippen LogP) is 2.87. The number of phenolic OH excluding ortho intramolecular Hbond substituents is 1. The molecule has 0 aliphatic carbocycles. The number of aryl methyl sites for hydroxylation is 1. The van der Waals surface area contributed by atoms with E-state index < -0.39 is 0 Å². The van der Waals surface area contributed by atoms with E-state index in [4.69, 9.17) is 10.2 Å². The number of rotatable bonds is 2. The van der Waals surface area contributed by atoms with E-state index >= 15 is 0 Å². The molecule has 0 aliphatic rings. The van der Waals surface area contributed by atoms with Crippen molar-refractivity contribution < 1.29 is 10.2 Å². The maximum absolute atomic E-state index is 8.76. The number of hydrogen-bond donors (Lipinski definition) is 2. The van der Waals surface area contributed by atoms with Crippen molar-refractivity contribution in [3.63, 3.8) is 0 Å². The van der Waals surface area contributed by atoms with Gasteiger partial charge in [0, 0.05) is 0 Å². The average Bonchev–Trinajstić information content (AvgIpc) is 2.11. The lowest BCUT2D eigenvalue weighted by molar-refractivity contribution is 0.183. The van der Waals surface area contributed by atoms with E-state index in [2.05, 4.69) is 6.92 Å². The summed E-state index contributed by atoms with van der Waals surface area (Å²) in [4.78, 5) is 0. The van der Waals surface area contributed by atoms with Crippen LogP contribution in [0.2, 0.25) is 0 Å². The van der Waals surface area contributed by atoms with E-state index in [1.807, 2.05) is 26.0 Å². The van der Waals surface area contributed by atoms with Crippen LogP contribution in [0.5, 0.6) is 5.75 Å². The molecule has 0 spiro atoms. The van der Waals surface area contributed by atoms with Crippen molar-refractivity contribution in [3.8, 4) is 5.75 Å². The van der Waals surface area contributed by atoms with Crippen LogP contribution in [-0.4, -0.2) is 16.3 Å². The smallest absolute Gasteiger partial charge is 0.115 e. The van der Waals surface area contributed by atoms with Crippen molar-refractivity contribution in [3.05, 3.63) is 29.8 Å². The lowest BCUT2D eigenvalue weighted by Crippen LogP contribution is -1.95. The van der Waals surface area contributed by atoms with Crippen LogP contribution >= 0.6 is 0 Å². The standard InChI is InChI=1S/C7H8O.C5H12O/c1-6-2-4-7(8)5-3-6;1-3-4-5(2)6/h2-5,8H,1H3;5-6H,3-4H2,1-2H3. The van der Waals surface area contributed by atoms with Crippen LogP contribution in [-0.2, 0) is 0 Å². The summed E-state index contributed by atoms with van der Waals surface area (Å²) in [5, 5.41) is 17.3. The highest BCUT2D eigenvalue weighted by atomic mass is 16.3. The fraction of sp³-hybridized carbons (Fsp3) is 0.500. The number of benzene rings is 1. The van der Waals surface area contributed by atoms with Gasteiger partial charge in [-0.05, 0) is 32.4 Å². The van der Waals surface area contributed by atoms with Crippen molar-refractivity contribution in [2.45, 2.75) is 39.7 Å². The van der Waals surface area contributed by atoms with E-state index in [1.54, 1.807) is 12.1 Å². The molecule has 2 N–H and O–H groups in total. The average molecular weight is 196 g/mol. The molecule has 0 amide bonds. The minimum Gasteiger partial charge on any atom is -0.508 e. The Balaban J connectivity index is 0.000000255. The molecule has 0 aromatic heterocycles. The zero-order valence-electron chi connectivity index (χ0n) is 9.20. The van der Waals surface area contributed by atoms with Gasteiger partial charge in [0.05, 0.1) is 6.10 Å². The highest BCUT2D eigenvalue weighted by molar-refractivity contribution is 5.24. The first-order chi connectivity index (χ1) is 6.56.